The lowest BCUT2D eigenvalue weighted by molar-refractivity contribution is -0.116. The number of hydrogen-bond donors (Lipinski definition) is 2. The number of nitrogens with zero attached hydrogens (tertiary/aromatic N) is 1. The average molecular weight is 371 g/mol. The molecule has 3 aromatic rings. The third kappa shape index (κ3) is 3.45. The molecule has 0 radical (unpaired) electrons. The molecule has 0 aliphatic carbocycles. The van der Waals surface area contributed by atoms with E-state index in [-0.39, 0.29) is 16.4 Å². The molecule has 0 fully saturated rings. The van der Waals surface area contributed by atoms with Crippen molar-refractivity contribution < 1.29 is 13.2 Å². The number of carbonyl (C=O) groups excluding carboxylic acids is 1. The zero-order valence-electron chi connectivity index (χ0n) is 14.2. The van der Waals surface area contributed by atoms with Crippen LogP contribution in [0.2, 0.25) is 0 Å². The van der Waals surface area contributed by atoms with Crippen LogP contribution >= 0.6 is 0 Å². The van der Waals surface area contributed by atoms with Crippen molar-refractivity contribution in [3.05, 3.63) is 65.1 Å². The van der Waals surface area contributed by atoms with E-state index in [0.29, 0.717) is 22.1 Å². The Balaban J connectivity index is 1.90. The Labute approximate surface area is 150 Å². The van der Waals surface area contributed by atoms with E-state index in [1.54, 1.807) is 37.4 Å². The van der Waals surface area contributed by atoms with Gasteiger partial charge in [-0.05, 0) is 47.9 Å². The van der Waals surface area contributed by atoms with Gasteiger partial charge in [-0.1, -0.05) is 6.07 Å². The summed E-state index contributed by atoms with van der Waals surface area (Å²) in [6.45, 7) is 1.42. The number of amides is 1. The number of aromatic amines is 1. The number of anilines is 2. The highest BCUT2D eigenvalue weighted by Crippen LogP contribution is 2.22. The standard InChI is InChI=1S/C18H17N3O4S/c1-12(22)21(2)15-5-7-16(8-6-15)26(24,25)20-14-4-3-13-9-10-19-18(23)17(13)11-14/h3-11,20H,1-2H3,(H,19,23). The molecular formula is C18H17N3O4S. The molecule has 0 aliphatic rings. The molecule has 26 heavy (non-hydrogen) atoms. The van der Waals surface area contributed by atoms with E-state index in [0.717, 1.165) is 0 Å². The Morgan fingerprint density at radius 1 is 1.08 bits per heavy atom. The zero-order chi connectivity index (χ0) is 18.9. The van der Waals surface area contributed by atoms with Crippen LogP contribution in [-0.4, -0.2) is 26.4 Å². The Kier molecular flexibility index (Phi) is 4.52. The molecule has 7 nitrogen and oxygen atoms in total. The molecule has 2 aromatic carbocycles. The van der Waals surface area contributed by atoms with Crippen molar-refractivity contribution in [1.29, 1.82) is 0 Å². The van der Waals surface area contributed by atoms with Crippen LogP contribution in [0.15, 0.2) is 64.4 Å². The van der Waals surface area contributed by atoms with Crippen LogP contribution < -0.4 is 15.2 Å². The van der Waals surface area contributed by atoms with Crippen LogP contribution in [-0.2, 0) is 14.8 Å². The molecule has 0 spiro atoms. The summed E-state index contributed by atoms with van der Waals surface area (Å²) >= 11 is 0. The molecule has 0 saturated heterocycles. The molecule has 0 atom stereocenters. The van der Waals surface area contributed by atoms with E-state index < -0.39 is 10.0 Å². The summed E-state index contributed by atoms with van der Waals surface area (Å²) in [4.78, 5) is 27.3. The minimum absolute atomic E-state index is 0.0558. The first-order chi connectivity index (χ1) is 12.3. The molecule has 8 heteroatoms. The van der Waals surface area contributed by atoms with Crippen LogP contribution in [0.5, 0.6) is 0 Å². The van der Waals surface area contributed by atoms with Crippen molar-refractivity contribution in [2.45, 2.75) is 11.8 Å². The first-order valence-corrected chi connectivity index (χ1v) is 9.25. The molecule has 0 unspecified atom stereocenters. The molecule has 1 heterocycles. The van der Waals surface area contributed by atoms with E-state index in [1.807, 2.05) is 0 Å². The maximum atomic E-state index is 12.6. The van der Waals surface area contributed by atoms with Crippen LogP contribution in [0.4, 0.5) is 11.4 Å². The van der Waals surface area contributed by atoms with Gasteiger partial charge < -0.3 is 9.88 Å². The second kappa shape index (κ2) is 6.64. The number of H-pyrrole nitrogens is 1. The molecule has 0 aliphatic heterocycles. The number of carbonyl (C=O) groups is 1. The maximum absolute atomic E-state index is 12.6. The van der Waals surface area contributed by atoms with E-state index in [4.69, 9.17) is 0 Å². The van der Waals surface area contributed by atoms with Gasteiger partial charge in [0.25, 0.3) is 15.6 Å². The molecule has 2 N–H and O–H groups in total. The fourth-order valence-electron chi connectivity index (χ4n) is 2.49. The Bertz CT molecular complexity index is 1140. The number of hydrogen-bond acceptors (Lipinski definition) is 4. The monoisotopic (exact) mass is 371 g/mol. The minimum atomic E-state index is -3.82. The van der Waals surface area contributed by atoms with Gasteiger partial charge in [-0.25, -0.2) is 8.42 Å². The van der Waals surface area contributed by atoms with Crippen molar-refractivity contribution in [3.63, 3.8) is 0 Å². The van der Waals surface area contributed by atoms with Gasteiger partial charge in [0.05, 0.1) is 4.90 Å². The highest BCUT2D eigenvalue weighted by atomic mass is 32.2. The summed E-state index contributed by atoms with van der Waals surface area (Å²) in [7, 11) is -2.22. The first kappa shape index (κ1) is 17.7. The molecule has 1 amide bonds. The van der Waals surface area contributed by atoms with Crippen molar-refractivity contribution in [1.82, 2.24) is 4.98 Å². The minimum Gasteiger partial charge on any atom is -0.329 e. The first-order valence-electron chi connectivity index (χ1n) is 7.76. The van der Waals surface area contributed by atoms with E-state index in [9.17, 15) is 18.0 Å². The second-order valence-corrected chi connectivity index (χ2v) is 7.47. The summed E-state index contributed by atoms with van der Waals surface area (Å²) in [6.07, 6.45) is 1.54. The van der Waals surface area contributed by atoms with Gasteiger partial charge in [0.2, 0.25) is 5.91 Å². The van der Waals surface area contributed by atoms with Gasteiger partial charge in [-0.2, -0.15) is 0 Å². The summed E-state index contributed by atoms with van der Waals surface area (Å²) < 4.78 is 27.6. The second-order valence-electron chi connectivity index (χ2n) is 5.79. The van der Waals surface area contributed by atoms with Crippen LogP contribution in [0.3, 0.4) is 0 Å². The van der Waals surface area contributed by atoms with E-state index in [1.165, 1.54) is 36.2 Å². The van der Waals surface area contributed by atoms with Gasteiger partial charge in [-0.15, -0.1) is 0 Å². The van der Waals surface area contributed by atoms with E-state index >= 15 is 0 Å². The summed E-state index contributed by atoms with van der Waals surface area (Å²) in [6, 6.07) is 12.4. The smallest absolute Gasteiger partial charge is 0.261 e. The quantitative estimate of drug-likeness (QED) is 0.735. The number of pyridine rings is 1. The normalized spacial score (nSPS) is 11.3. The van der Waals surface area contributed by atoms with Crippen LogP contribution in [0.25, 0.3) is 10.8 Å². The van der Waals surface area contributed by atoms with Gasteiger partial charge >= 0.3 is 0 Å². The topological polar surface area (TPSA) is 99.3 Å². The Morgan fingerprint density at radius 3 is 2.42 bits per heavy atom. The Hall–Kier alpha value is -3.13. The van der Waals surface area contributed by atoms with Crippen molar-refractivity contribution >= 4 is 38.1 Å². The molecular weight excluding hydrogens is 354 g/mol. The number of nitrogens with one attached hydrogen (secondary N) is 2. The van der Waals surface area contributed by atoms with Crippen LogP contribution in [0.1, 0.15) is 6.92 Å². The predicted octanol–water partition coefficient (Wildman–Crippen LogP) is 2.31. The number of aromatic nitrogens is 1. The fourth-order valence-corrected chi connectivity index (χ4v) is 3.54. The highest BCUT2D eigenvalue weighted by Gasteiger charge is 2.15. The van der Waals surface area contributed by atoms with Crippen molar-refractivity contribution in [3.8, 4) is 0 Å². The van der Waals surface area contributed by atoms with E-state index in [2.05, 4.69) is 9.71 Å². The third-order valence-electron chi connectivity index (χ3n) is 4.03. The lowest BCUT2D eigenvalue weighted by atomic mass is 10.1. The average Bonchev–Trinajstić information content (AvgIpc) is 2.61. The SMILES string of the molecule is CC(=O)N(C)c1ccc(S(=O)(=O)Nc2ccc3cc[nH]c(=O)c3c2)cc1. The number of rotatable bonds is 4. The lowest BCUT2D eigenvalue weighted by Gasteiger charge is -2.15. The summed E-state index contributed by atoms with van der Waals surface area (Å²) in [5, 5.41) is 1.11. The van der Waals surface area contributed by atoms with Crippen molar-refractivity contribution in [2.75, 3.05) is 16.7 Å². The van der Waals surface area contributed by atoms with Gasteiger partial charge in [-0.3, -0.25) is 14.3 Å². The van der Waals surface area contributed by atoms with Gasteiger partial charge in [0.15, 0.2) is 0 Å². The maximum Gasteiger partial charge on any atom is 0.261 e. The molecule has 0 saturated carbocycles. The largest absolute Gasteiger partial charge is 0.329 e. The molecule has 3 rings (SSSR count). The van der Waals surface area contributed by atoms with Crippen LogP contribution in [0, 0.1) is 0 Å². The zero-order valence-corrected chi connectivity index (χ0v) is 15.0. The molecule has 0 bridgehead atoms. The molecule has 134 valence electrons. The number of fused-ring (bicyclic) bond motifs is 1. The number of benzene rings is 2. The Morgan fingerprint density at radius 2 is 1.77 bits per heavy atom. The van der Waals surface area contributed by atoms with Gasteiger partial charge in [0, 0.05) is 36.9 Å². The summed E-state index contributed by atoms with van der Waals surface area (Å²) in [5.41, 5.74) is 0.591. The predicted molar refractivity (Wildman–Crippen MR) is 101 cm³/mol. The highest BCUT2D eigenvalue weighted by molar-refractivity contribution is 7.92. The van der Waals surface area contributed by atoms with Crippen molar-refractivity contribution in [2.24, 2.45) is 0 Å². The summed E-state index contributed by atoms with van der Waals surface area (Å²) in [5.74, 6) is -0.153. The fraction of sp³-hybridized carbons (Fsp3) is 0.111. The molecule has 1 aromatic heterocycles. The number of sulfonamides is 1. The lowest BCUT2D eigenvalue weighted by Crippen LogP contribution is -2.22. The third-order valence-corrected chi connectivity index (χ3v) is 5.43. The van der Waals surface area contributed by atoms with Gasteiger partial charge in [0.1, 0.15) is 0 Å².